The van der Waals surface area contributed by atoms with Gasteiger partial charge in [-0.15, -0.1) is 0 Å². The molecule has 2 N–H and O–H groups in total. The maximum absolute atomic E-state index is 13.6. The number of carbonyl (C=O) groups excluding carboxylic acids is 3. The molecule has 0 fully saturated rings. The number of amides is 2. The monoisotopic (exact) mass is 644 g/mol. The lowest BCUT2D eigenvalue weighted by Gasteiger charge is -2.22. The fourth-order valence-corrected chi connectivity index (χ4v) is 4.86. The zero-order chi connectivity index (χ0) is 33.6. The predicted octanol–water partition coefficient (Wildman–Crippen LogP) is 6.56. The Morgan fingerprint density at radius 1 is 0.979 bits per heavy atom. The van der Waals surface area contributed by atoms with Crippen molar-refractivity contribution in [3.8, 4) is 0 Å². The minimum atomic E-state index is -0.575. The van der Waals surface area contributed by atoms with Crippen LogP contribution < -0.4 is 15.6 Å². The SMILES string of the molecule is CCCCCCOC(=O)NN=Cc1ccc(NCc2nc3cc(C(=O)N(CCC(=O)OCC)c4ccc(F)cc4)ccc3n2C)cc1. The van der Waals surface area contributed by atoms with Crippen LogP contribution in [0.3, 0.4) is 0 Å². The lowest BCUT2D eigenvalue weighted by molar-refractivity contribution is -0.142. The van der Waals surface area contributed by atoms with E-state index in [0.717, 1.165) is 48.3 Å². The van der Waals surface area contributed by atoms with Crippen LogP contribution in [0.25, 0.3) is 11.0 Å². The van der Waals surface area contributed by atoms with Crippen LogP contribution in [0.15, 0.2) is 71.8 Å². The molecule has 0 saturated carbocycles. The minimum absolute atomic E-state index is 0.00282. The number of carbonyl (C=O) groups is 3. The third kappa shape index (κ3) is 10.1. The van der Waals surface area contributed by atoms with E-state index in [1.54, 1.807) is 25.3 Å². The summed E-state index contributed by atoms with van der Waals surface area (Å²) in [5.41, 5.74) is 6.37. The van der Waals surface area contributed by atoms with Crippen LogP contribution in [0.5, 0.6) is 0 Å². The average Bonchev–Trinajstić information content (AvgIpc) is 3.39. The number of benzene rings is 3. The van der Waals surface area contributed by atoms with Crippen molar-refractivity contribution in [1.29, 1.82) is 0 Å². The number of halogens is 1. The van der Waals surface area contributed by atoms with Crippen LogP contribution in [0.4, 0.5) is 20.6 Å². The van der Waals surface area contributed by atoms with Crippen LogP contribution in [0, 0.1) is 5.82 Å². The van der Waals surface area contributed by atoms with E-state index in [2.05, 4.69) is 22.8 Å². The molecule has 248 valence electrons. The van der Waals surface area contributed by atoms with Gasteiger partial charge in [-0.25, -0.2) is 19.6 Å². The van der Waals surface area contributed by atoms with Gasteiger partial charge in [0.15, 0.2) is 0 Å². The van der Waals surface area contributed by atoms with Crippen molar-refractivity contribution in [3.63, 3.8) is 0 Å². The Kier molecular flexibility index (Phi) is 12.8. The summed E-state index contributed by atoms with van der Waals surface area (Å²) in [5, 5.41) is 7.30. The minimum Gasteiger partial charge on any atom is -0.466 e. The van der Waals surface area contributed by atoms with Crippen molar-refractivity contribution in [3.05, 3.63) is 89.5 Å². The number of hydrogen-bond acceptors (Lipinski definition) is 8. The van der Waals surface area contributed by atoms with Crippen LogP contribution in [0.1, 0.15) is 67.7 Å². The smallest absolute Gasteiger partial charge is 0.427 e. The van der Waals surface area contributed by atoms with Crippen LogP contribution in [-0.2, 0) is 27.9 Å². The first-order chi connectivity index (χ1) is 22.8. The Morgan fingerprint density at radius 3 is 2.47 bits per heavy atom. The number of fused-ring (bicyclic) bond motifs is 1. The molecule has 0 unspecified atom stereocenters. The fourth-order valence-electron chi connectivity index (χ4n) is 4.86. The number of rotatable bonds is 16. The number of esters is 1. The third-order valence-corrected chi connectivity index (χ3v) is 7.41. The van der Waals surface area contributed by atoms with Crippen molar-refractivity contribution in [1.82, 2.24) is 15.0 Å². The first-order valence-electron chi connectivity index (χ1n) is 15.8. The van der Waals surface area contributed by atoms with Gasteiger partial charge < -0.3 is 24.3 Å². The summed E-state index contributed by atoms with van der Waals surface area (Å²) in [4.78, 5) is 43.6. The topological polar surface area (TPSA) is 127 Å². The Bertz CT molecular complexity index is 1670. The van der Waals surface area contributed by atoms with E-state index in [-0.39, 0.29) is 25.5 Å². The number of hydrogen-bond donors (Lipinski definition) is 2. The second-order valence-corrected chi connectivity index (χ2v) is 10.8. The molecule has 11 nitrogen and oxygen atoms in total. The number of imidazole rings is 1. The molecular formula is C35H41FN6O5. The van der Waals surface area contributed by atoms with Crippen molar-refractivity contribution in [2.24, 2.45) is 12.1 Å². The summed E-state index contributed by atoms with van der Waals surface area (Å²) in [7, 11) is 1.90. The van der Waals surface area contributed by atoms with Crippen LogP contribution in [-0.4, -0.2) is 53.5 Å². The van der Waals surface area contributed by atoms with Gasteiger partial charge in [0, 0.05) is 30.5 Å². The number of aryl methyl sites for hydroxylation is 1. The van der Waals surface area contributed by atoms with Gasteiger partial charge >= 0.3 is 12.1 Å². The third-order valence-electron chi connectivity index (χ3n) is 7.41. The van der Waals surface area contributed by atoms with Gasteiger partial charge in [-0.05, 0) is 73.5 Å². The number of nitrogens with one attached hydrogen (secondary N) is 2. The molecule has 0 atom stereocenters. The molecule has 0 aliphatic carbocycles. The molecule has 47 heavy (non-hydrogen) atoms. The van der Waals surface area contributed by atoms with Gasteiger partial charge in [-0.1, -0.05) is 38.3 Å². The maximum atomic E-state index is 13.6. The summed E-state index contributed by atoms with van der Waals surface area (Å²) in [6.45, 7) is 4.97. The molecule has 1 heterocycles. The molecule has 2 amide bonds. The number of aromatic nitrogens is 2. The number of hydrazone groups is 1. The van der Waals surface area contributed by atoms with Crippen LogP contribution in [0.2, 0.25) is 0 Å². The van der Waals surface area contributed by atoms with Gasteiger partial charge in [-0.3, -0.25) is 9.59 Å². The van der Waals surface area contributed by atoms with Crippen molar-refractivity contribution >= 4 is 46.6 Å². The normalized spacial score (nSPS) is 11.1. The van der Waals surface area contributed by atoms with Crippen molar-refractivity contribution in [2.45, 2.75) is 52.5 Å². The van der Waals surface area contributed by atoms with E-state index in [9.17, 15) is 18.8 Å². The van der Waals surface area contributed by atoms with Crippen LogP contribution >= 0.6 is 0 Å². The lowest BCUT2D eigenvalue weighted by Crippen LogP contribution is -2.33. The highest BCUT2D eigenvalue weighted by Crippen LogP contribution is 2.23. The summed E-state index contributed by atoms with van der Waals surface area (Å²) in [5.74, 6) is -0.432. The first-order valence-corrected chi connectivity index (χ1v) is 15.8. The zero-order valence-electron chi connectivity index (χ0n) is 27.0. The predicted molar refractivity (Wildman–Crippen MR) is 180 cm³/mol. The highest BCUT2D eigenvalue weighted by atomic mass is 19.1. The average molecular weight is 645 g/mol. The summed E-state index contributed by atoms with van der Waals surface area (Å²) in [6, 6.07) is 18.3. The molecule has 0 saturated heterocycles. The van der Waals surface area contributed by atoms with E-state index in [4.69, 9.17) is 14.5 Å². The van der Waals surface area contributed by atoms with E-state index < -0.39 is 17.9 Å². The van der Waals surface area contributed by atoms with Gasteiger partial charge in [0.05, 0.1) is 43.4 Å². The van der Waals surface area contributed by atoms with Crippen molar-refractivity contribution in [2.75, 3.05) is 30.0 Å². The van der Waals surface area contributed by atoms with E-state index in [1.165, 1.54) is 29.2 Å². The molecule has 0 radical (unpaired) electrons. The van der Waals surface area contributed by atoms with Gasteiger partial charge in [0.1, 0.15) is 11.6 Å². The second-order valence-electron chi connectivity index (χ2n) is 10.8. The highest BCUT2D eigenvalue weighted by Gasteiger charge is 2.21. The zero-order valence-corrected chi connectivity index (χ0v) is 27.0. The molecule has 3 aromatic carbocycles. The highest BCUT2D eigenvalue weighted by molar-refractivity contribution is 6.07. The number of anilines is 2. The second kappa shape index (κ2) is 17.4. The Morgan fingerprint density at radius 2 is 1.74 bits per heavy atom. The first kappa shape index (κ1) is 34.6. The summed E-state index contributed by atoms with van der Waals surface area (Å²) < 4.78 is 25.7. The summed E-state index contributed by atoms with van der Waals surface area (Å²) >= 11 is 0. The number of ether oxygens (including phenoxy) is 2. The van der Waals surface area contributed by atoms with E-state index in [1.807, 2.05) is 41.9 Å². The number of unbranched alkanes of at least 4 members (excludes halogenated alkanes) is 3. The Balaban J connectivity index is 1.37. The molecule has 12 heteroatoms. The summed E-state index contributed by atoms with van der Waals surface area (Å²) in [6.07, 6.45) is 5.08. The van der Waals surface area contributed by atoms with E-state index >= 15 is 0 Å². The van der Waals surface area contributed by atoms with Gasteiger partial charge in [-0.2, -0.15) is 5.10 Å². The van der Waals surface area contributed by atoms with Gasteiger partial charge in [0.25, 0.3) is 5.91 Å². The molecular weight excluding hydrogens is 603 g/mol. The Hall–Kier alpha value is -5.26. The Labute approximate surface area is 273 Å². The molecule has 0 bridgehead atoms. The van der Waals surface area contributed by atoms with Gasteiger partial charge in [0.2, 0.25) is 0 Å². The van der Waals surface area contributed by atoms with Crippen molar-refractivity contribution < 1.29 is 28.2 Å². The lowest BCUT2D eigenvalue weighted by atomic mass is 10.1. The van der Waals surface area contributed by atoms with E-state index in [0.29, 0.717) is 29.9 Å². The molecule has 0 spiro atoms. The molecule has 4 rings (SSSR count). The quantitative estimate of drug-likeness (QED) is 0.0612. The standard InChI is InChI=1S/C35H41FN6O5/c1-4-6-7-8-21-47-35(45)40-38-23-25-9-14-28(15-10-25)37-24-32-39-30-22-26(11-18-31(30)41(32)3)34(44)42(20-19-33(43)46-5-2)29-16-12-27(36)13-17-29/h9-18,22-23,37H,4-8,19-21,24H2,1-3H3,(H,40,45). The molecule has 4 aromatic rings. The fraction of sp³-hybridized carbons (Fsp3) is 0.343. The molecule has 0 aliphatic rings. The maximum Gasteiger partial charge on any atom is 0.427 e. The molecule has 0 aliphatic heterocycles. The largest absolute Gasteiger partial charge is 0.466 e. The number of nitrogens with zero attached hydrogens (tertiary/aromatic N) is 4. The molecule has 1 aromatic heterocycles.